The quantitative estimate of drug-likeness (QED) is 0.406. The Bertz CT molecular complexity index is 797. The zero-order valence-corrected chi connectivity index (χ0v) is 9.77. The van der Waals surface area contributed by atoms with Crippen molar-refractivity contribution in [3.8, 4) is 0 Å². The van der Waals surface area contributed by atoms with E-state index in [0.29, 0.717) is 0 Å². The zero-order chi connectivity index (χ0) is 11.9. The van der Waals surface area contributed by atoms with Crippen LogP contribution in [0.25, 0.3) is 32.3 Å². The number of hydrogen-bond acceptors (Lipinski definition) is 0. The fourth-order valence-corrected chi connectivity index (χ4v) is 2.59. The van der Waals surface area contributed by atoms with E-state index < -0.39 is 0 Å². The van der Waals surface area contributed by atoms with Crippen LogP contribution < -0.4 is 0 Å². The van der Waals surface area contributed by atoms with Crippen LogP contribution in [-0.2, 0) is 0 Å². The summed E-state index contributed by atoms with van der Waals surface area (Å²) in [5, 5.41) is 7.29. The van der Waals surface area contributed by atoms with E-state index in [9.17, 15) is 0 Å². The molecule has 0 saturated heterocycles. The molecule has 4 rings (SSSR count). The minimum atomic E-state index is 1.13. The first kappa shape index (κ1) is 9.50. The van der Waals surface area contributed by atoms with Gasteiger partial charge < -0.3 is 0 Å². The van der Waals surface area contributed by atoms with E-state index in [1.54, 1.807) is 0 Å². The topological polar surface area (TPSA) is 0 Å². The summed E-state index contributed by atoms with van der Waals surface area (Å²) in [6.07, 6.45) is 0. The van der Waals surface area contributed by atoms with Crippen molar-refractivity contribution in [3.63, 3.8) is 0 Å². The van der Waals surface area contributed by atoms with Crippen LogP contribution in [0.3, 0.4) is 0 Å². The second-order valence-electron chi connectivity index (χ2n) is 4.50. The zero-order valence-electron chi connectivity index (χ0n) is 9.77. The normalized spacial score (nSPS) is 10.9. The van der Waals surface area contributed by atoms with Gasteiger partial charge in [-0.1, -0.05) is 66.7 Å². The Morgan fingerprint density at radius 1 is 0.556 bits per heavy atom. The summed E-state index contributed by atoms with van der Waals surface area (Å²) in [7, 11) is 0. The molecule has 0 saturated carbocycles. The maximum atomic E-state index is 3.31. The standard InChI is InChI=1S/C18H10/c1-3-7-15-13(5-1)9-11-18-16-8-4-2-6-14(16)10-12-17(15)18/h1-9,11H. The van der Waals surface area contributed by atoms with Crippen LogP contribution in [0.15, 0.2) is 60.7 Å². The molecule has 0 nitrogen and oxygen atoms in total. The molecule has 0 amide bonds. The molecule has 0 aliphatic rings. The summed E-state index contributed by atoms with van der Waals surface area (Å²) in [5.41, 5.74) is 0. The van der Waals surface area contributed by atoms with Crippen molar-refractivity contribution in [2.24, 2.45) is 0 Å². The number of rotatable bonds is 0. The molecular formula is C18H10. The van der Waals surface area contributed by atoms with Crippen molar-refractivity contribution in [2.75, 3.05) is 0 Å². The Balaban J connectivity index is 2.31. The van der Waals surface area contributed by atoms with Gasteiger partial charge in [-0.3, -0.25) is 0 Å². The van der Waals surface area contributed by atoms with Crippen molar-refractivity contribution in [1.82, 2.24) is 0 Å². The Morgan fingerprint density at radius 3 is 2.28 bits per heavy atom. The van der Waals surface area contributed by atoms with Crippen molar-refractivity contribution in [2.45, 2.75) is 0 Å². The fourth-order valence-electron chi connectivity index (χ4n) is 2.59. The average Bonchev–Trinajstić information content (AvgIpc) is 2.46. The van der Waals surface area contributed by atoms with Crippen molar-refractivity contribution < 1.29 is 0 Å². The molecule has 0 bridgehead atoms. The van der Waals surface area contributed by atoms with Gasteiger partial charge in [-0.2, -0.15) is 0 Å². The molecule has 0 atom stereocenters. The lowest BCUT2D eigenvalue weighted by Crippen LogP contribution is -1.78. The summed E-state index contributed by atoms with van der Waals surface area (Å²) >= 11 is 0. The fraction of sp³-hybridized carbons (Fsp3) is 0. The predicted molar refractivity (Wildman–Crippen MR) is 76.6 cm³/mol. The molecular weight excluding hydrogens is 216 g/mol. The summed E-state index contributed by atoms with van der Waals surface area (Å²) in [6, 6.07) is 27.7. The van der Waals surface area contributed by atoms with Gasteiger partial charge in [-0.05, 0) is 27.6 Å². The first-order valence-corrected chi connectivity index (χ1v) is 6.07. The monoisotopic (exact) mass is 226 g/mol. The third kappa shape index (κ3) is 1.22. The highest BCUT2D eigenvalue weighted by molar-refractivity contribution is 6.15. The maximum absolute atomic E-state index is 3.31. The molecule has 0 heterocycles. The summed E-state index contributed by atoms with van der Waals surface area (Å²) < 4.78 is 0. The highest BCUT2D eigenvalue weighted by Gasteiger charge is 2.02. The van der Waals surface area contributed by atoms with Crippen molar-refractivity contribution >= 4 is 32.3 Å². The molecule has 0 radical (unpaired) electrons. The van der Waals surface area contributed by atoms with Crippen LogP contribution in [0.1, 0.15) is 0 Å². The lowest BCUT2D eigenvalue weighted by atomic mass is 9.99. The predicted octanol–water partition coefficient (Wildman–Crippen LogP) is 4.75. The number of benzene rings is 3. The van der Waals surface area contributed by atoms with Crippen LogP contribution >= 0.6 is 0 Å². The van der Waals surface area contributed by atoms with Crippen LogP contribution in [-0.4, -0.2) is 0 Å². The Hall–Kier alpha value is -2.52. The highest BCUT2D eigenvalue weighted by atomic mass is 14.0. The van der Waals surface area contributed by atoms with E-state index in [0.717, 1.165) is 10.8 Å². The smallest absolute Gasteiger partial charge is 0.0406 e. The van der Waals surface area contributed by atoms with E-state index in [1.165, 1.54) is 21.5 Å². The Morgan fingerprint density at radius 2 is 1.33 bits per heavy atom. The van der Waals surface area contributed by atoms with Gasteiger partial charge in [0.2, 0.25) is 0 Å². The molecule has 82 valence electrons. The van der Waals surface area contributed by atoms with Crippen LogP contribution in [0.2, 0.25) is 0 Å². The first-order valence-electron chi connectivity index (χ1n) is 6.07. The van der Waals surface area contributed by atoms with Crippen LogP contribution in [0.5, 0.6) is 0 Å². The molecule has 0 aliphatic carbocycles. The molecule has 0 N–H and O–H groups in total. The molecule has 0 spiro atoms. The summed E-state index contributed by atoms with van der Waals surface area (Å²) in [4.78, 5) is 0. The van der Waals surface area contributed by atoms with Gasteiger partial charge >= 0.3 is 0 Å². The van der Waals surface area contributed by atoms with Gasteiger partial charge in [0.15, 0.2) is 0 Å². The van der Waals surface area contributed by atoms with E-state index in [4.69, 9.17) is 0 Å². The molecule has 18 heavy (non-hydrogen) atoms. The van der Waals surface area contributed by atoms with E-state index >= 15 is 0 Å². The third-order valence-corrected chi connectivity index (χ3v) is 3.47. The Kier molecular flexibility index (Phi) is 1.84. The molecule has 4 aromatic carbocycles. The van der Waals surface area contributed by atoms with E-state index in [2.05, 4.69) is 66.7 Å². The summed E-state index contributed by atoms with van der Waals surface area (Å²) in [6.45, 7) is 0. The van der Waals surface area contributed by atoms with E-state index in [1.807, 2.05) is 6.07 Å². The van der Waals surface area contributed by atoms with Gasteiger partial charge in [0, 0.05) is 10.8 Å². The number of fused-ring (bicyclic) bond motifs is 5. The SMILES string of the molecule is c1c2ccccc2c2ccc3ccccc3c2c#1. The lowest BCUT2D eigenvalue weighted by molar-refractivity contribution is 1.78. The van der Waals surface area contributed by atoms with Gasteiger partial charge in [0.1, 0.15) is 0 Å². The second-order valence-corrected chi connectivity index (χ2v) is 4.50. The summed E-state index contributed by atoms with van der Waals surface area (Å²) in [5.74, 6) is 0. The minimum absolute atomic E-state index is 1.13. The van der Waals surface area contributed by atoms with Gasteiger partial charge in [-0.25, -0.2) is 0 Å². The van der Waals surface area contributed by atoms with Crippen molar-refractivity contribution in [3.05, 3.63) is 72.8 Å². The molecule has 0 aromatic heterocycles. The largest absolute Gasteiger partial charge is 0.0616 e. The second kappa shape index (κ2) is 3.48. The molecule has 4 aromatic rings. The molecule has 0 unspecified atom stereocenters. The van der Waals surface area contributed by atoms with Crippen LogP contribution in [0, 0.1) is 12.1 Å². The van der Waals surface area contributed by atoms with Gasteiger partial charge in [0.25, 0.3) is 0 Å². The average molecular weight is 226 g/mol. The van der Waals surface area contributed by atoms with Gasteiger partial charge in [-0.15, -0.1) is 0 Å². The molecule has 0 aliphatic heterocycles. The van der Waals surface area contributed by atoms with Gasteiger partial charge in [0.05, 0.1) is 0 Å². The lowest BCUT2D eigenvalue weighted by Gasteiger charge is -2.03. The minimum Gasteiger partial charge on any atom is -0.0616 e. The molecule has 0 fully saturated rings. The van der Waals surface area contributed by atoms with Crippen molar-refractivity contribution in [1.29, 1.82) is 0 Å². The number of hydrogen-bond donors (Lipinski definition) is 0. The maximum Gasteiger partial charge on any atom is 0.0406 e. The van der Waals surface area contributed by atoms with Crippen LogP contribution in [0.4, 0.5) is 0 Å². The highest BCUT2D eigenvalue weighted by Crippen LogP contribution is 2.28. The third-order valence-electron chi connectivity index (χ3n) is 3.47. The Labute approximate surface area is 105 Å². The molecule has 0 heteroatoms. The van der Waals surface area contributed by atoms with E-state index in [-0.39, 0.29) is 0 Å². The first-order chi connectivity index (χ1) is 8.93.